The second-order valence-electron chi connectivity index (χ2n) is 3.13. The lowest BCUT2D eigenvalue weighted by atomic mass is 10.2. The van der Waals surface area contributed by atoms with Gasteiger partial charge in [-0.3, -0.25) is 9.59 Å². The van der Waals surface area contributed by atoms with E-state index in [1.807, 2.05) is 0 Å². The van der Waals surface area contributed by atoms with Gasteiger partial charge < -0.3 is 4.98 Å². The Morgan fingerprint density at radius 3 is 2.50 bits per heavy atom. The third kappa shape index (κ3) is 1.85. The fourth-order valence-corrected chi connectivity index (χ4v) is 1.57. The number of aromatic amines is 1. The highest BCUT2D eigenvalue weighted by Crippen LogP contribution is 2.00. The number of nitrogens with zero attached hydrogens (tertiary/aromatic N) is 1. The summed E-state index contributed by atoms with van der Waals surface area (Å²) in [6.45, 7) is 0. The summed E-state index contributed by atoms with van der Waals surface area (Å²) in [7, 11) is 0. The van der Waals surface area contributed by atoms with Gasteiger partial charge in [-0.1, -0.05) is 18.2 Å². The molecule has 1 heterocycles. The lowest BCUT2D eigenvalue weighted by molar-refractivity contribution is 0.0953. The molecular weight excluding hydrogens is 224 g/mol. The molecular formula is C11H8N2O2S. The molecule has 0 fully saturated rings. The molecule has 16 heavy (non-hydrogen) atoms. The van der Waals surface area contributed by atoms with Crippen LogP contribution in [0.15, 0.2) is 47.4 Å². The van der Waals surface area contributed by atoms with E-state index in [0.717, 1.165) is 4.57 Å². The Bertz CT molecular complexity index is 600. The summed E-state index contributed by atoms with van der Waals surface area (Å²) in [6, 6.07) is 9.79. The first-order chi connectivity index (χ1) is 7.70. The SMILES string of the molecule is O=C(c1ccccc1)n1c(=O)cc[nH]c1=S. The Labute approximate surface area is 96.2 Å². The van der Waals surface area contributed by atoms with Crippen molar-refractivity contribution in [2.75, 3.05) is 0 Å². The largest absolute Gasteiger partial charge is 0.338 e. The van der Waals surface area contributed by atoms with Gasteiger partial charge in [-0.05, 0) is 24.4 Å². The van der Waals surface area contributed by atoms with Crippen molar-refractivity contribution in [2.45, 2.75) is 0 Å². The van der Waals surface area contributed by atoms with Gasteiger partial charge in [-0.15, -0.1) is 0 Å². The molecule has 4 nitrogen and oxygen atoms in total. The van der Waals surface area contributed by atoms with Gasteiger partial charge in [-0.2, -0.15) is 0 Å². The van der Waals surface area contributed by atoms with Gasteiger partial charge in [0.2, 0.25) is 0 Å². The summed E-state index contributed by atoms with van der Waals surface area (Å²) in [4.78, 5) is 26.1. The number of hydrogen-bond donors (Lipinski definition) is 1. The Balaban J connectivity index is 2.59. The number of carbonyl (C=O) groups is 1. The highest BCUT2D eigenvalue weighted by atomic mass is 32.1. The molecule has 0 amide bonds. The molecule has 0 aliphatic rings. The Kier molecular flexibility index (Phi) is 2.78. The number of rotatable bonds is 1. The van der Waals surface area contributed by atoms with Gasteiger partial charge in [0.15, 0.2) is 4.77 Å². The minimum Gasteiger partial charge on any atom is -0.338 e. The maximum Gasteiger partial charge on any atom is 0.267 e. The third-order valence-corrected chi connectivity index (χ3v) is 2.38. The van der Waals surface area contributed by atoms with E-state index >= 15 is 0 Å². The average molecular weight is 232 g/mol. The minimum absolute atomic E-state index is 0.0985. The molecule has 0 spiro atoms. The number of aromatic nitrogens is 2. The second-order valence-corrected chi connectivity index (χ2v) is 3.51. The van der Waals surface area contributed by atoms with Crippen molar-refractivity contribution in [1.82, 2.24) is 9.55 Å². The van der Waals surface area contributed by atoms with Crippen LogP contribution in [0.25, 0.3) is 0 Å². The first-order valence-corrected chi connectivity index (χ1v) is 5.01. The van der Waals surface area contributed by atoms with E-state index in [-0.39, 0.29) is 4.77 Å². The average Bonchev–Trinajstić information content (AvgIpc) is 2.30. The molecule has 0 atom stereocenters. The number of benzene rings is 1. The molecule has 1 N–H and O–H groups in total. The zero-order valence-corrected chi connectivity index (χ0v) is 9.03. The van der Waals surface area contributed by atoms with Gasteiger partial charge in [0, 0.05) is 17.8 Å². The normalized spacial score (nSPS) is 10.0. The van der Waals surface area contributed by atoms with Gasteiger partial charge >= 0.3 is 0 Å². The number of H-pyrrole nitrogens is 1. The van der Waals surface area contributed by atoms with E-state index in [0.29, 0.717) is 5.56 Å². The van der Waals surface area contributed by atoms with Crippen molar-refractivity contribution < 1.29 is 4.79 Å². The highest BCUT2D eigenvalue weighted by molar-refractivity contribution is 7.71. The molecule has 2 rings (SSSR count). The smallest absolute Gasteiger partial charge is 0.267 e. The van der Waals surface area contributed by atoms with Crippen LogP contribution in [0.4, 0.5) is 0 Å². The Hall–Kier alpha value is -2.01. The lowest BCUT2D eigenvalue weighted by Crippen LogP contribution is -2.27. The van der Waals surface area contributed by atoms with Crippen LogP contribution in [0.5, 0.6) is 0 Å². The quantitative estimate of drug-likeness (QED) is 0.760. The molecule has 5 heteroatoms. The van der Waals surface area contributed by atoms with Crippen LogP contribution in [0.2, 0.25) is 0 Å². The van der Waals surface area contributed by atoms with Crippen molar-refractivity contribution >= 4 is 18.1 Å². The van der Waals surface area contributed by atoms with E-state index in [1.165, 1.54) is 12.3 Å². The fourth-order valence-electron chi connectivity index (χ4n) is 1.33. The van der Waals surface area contributed by atoms with Gasteiger partial charge in [0.05, 0.1) is 0 Å². The molecule has 1 aromatic heterocycles. The van der Waals surface area contributed by atoms with Gasteiger partial charge in [0.25, 0.3) is 11.5 Å². The minimum atomic E-state index is -0.433. The molecule has 0 unspecified atom stereocenters. The summed E-state index contributed by atoms with van der Waals surface area (Å²) in [5.41, 5.74) is -0.00657. The zero-order valence-electron chi connectivity index (χ0n) is 8.21. The molecule has 1 aromatic carbocycles. The van der Waals surface area contributed by atoms with Crippen molar-refractivity contribution in [3.63, 3.8) is 0 Å². The molecule has 80 valence electrons. The van der Waals surface area contributed by atoms with Gasteiger partial charge in [-0.25, -0.2) is 4.57 Å². The van der Waals surface area contributed by atoms with Crippen molar-refractivity contribution in [3.05, 3.63) is 63.3 Å². The molecule has 0 aliphatic heterocycles. The van der Waals surface area contributed by atoms with E-state index in [2.05, 4.69) is 4.98 Å². The zero-order chi connectivity index (χ0) is 11.5. The second kappa shape index (κ2) is 4.24. The van der Waals surface area contributed by atoms with Gasteiger partial charge in [0.1, 0.15) is 0 Å². The summed E-state index contributed by atoms with van der Waals surface area (Å²) in [5, 5.41) is 0. The van der Waals surface area contributed by atoms with Crippen molar-refractivity contribution in [3.8, 4) is 0 Å². The van der Waals surface area contributed by atoms with Crippen LogP contribution in [0.3, 0.4) is 0 Å². The summed E-state index contributed by atoms with van der Waals surface area (Å²) >= 11 is 4.90. The van der Waals surface area contributed by atoms with Crippen LogP contribution in [-0.2, 0) is 0 Å². The van der Waals surface area contributed by atoms with E-state index < -0.39 is 11.5 Å². The molecule has 0 bridgehead atoms. The van der Waals surface area contributed by atoms with E-state index in [4.69, 9.17) is 12.2 Å². The maximum absolute atomic E-state index is 12.0. The standard InChI is InChI=1S/C11H8N2O2S/c14-9-6-7-12-11(16)13(9)10(15)8-4-2-1-3-5-8/h1-7H,(H,12,16). The highest BCUT2D eigenvalue weighted by Gasteiger charge is 2.10. The van der Waals surface area contributed by atoms with Crippen LogP contribution in [-0.4, -0.2) is 15.5 Å². The first-order valence-electron chi connectivity index (χ1n) is 4.60. The lowest BCUT2D eigenvalue weighted by Gasteiger charge is -2.03. The third-order valence-electron chi connectivity index (χ3n) is 2.08. The van der Waals surface area contributed by atoms with Crippen LogP contribution < -0.4 is 5.56 Å². The Morgan fingerprint density at radius 1 is 1.19 bits per heavy atom. The number of nitrogens with one attached hydrogen (secondary N) is 1. The number of carbonyl (C=O) groups excluding carboxylic acids is 1. The summed E-state index contributed by atoms with van der Waals surface area (Å²) < 4.78 is 1.03. The van der Waals surface area contributed by atoms with E-state index in [1.54, 1.807) is 30.3 Å². The molecule has 0 saturated carbocycles. The molecule has 2 aromatic rings. The molecule has 0 radical (unpaired) electrons. The monoisotopic (exact) mass is 232 g/mol. The molecule has 0 aliphatic carbocycles. The van der Waals surface area contributed by atoms with Crippen LogP contribution >= 0.6 is 12.2 Å². The fraction of sp³-hybridized carbons (Fsp3) is 0. The predicted octanol–water partition coefficient (Wildman–Crippen LogP) is 1.59. The number of hydrogen-bond acceptors (Lipinski definition) is 3. The Morgan fingerprint density at radius 2 is 1.88 bits per heavy atom. The first kappa shape index (κ1) is 10.5. The summed E-state index contributed by atoms with van der Waals surface area (Å²) in [6.07, 6.45) is 1.42. The van der Waals surface area contributed by atoms with E-state index in [9.17, 15) is 9.59 Å². The topological polar surface area (TPSA) is 54.9 Å². The predicted molar refractivity (Wildman–Crippen MR) is 62.1 cm³/mol. The maximum atomic E-state index is 12.0. The van der Waals surface area contributed by atoms with Crippen LogP contribution in [0, 0.1) is 4.77 Å². The molecule has 0 saturated heterocycles. The summed E-state index contributed by atoms with van der Waals surface area (Å²) in [5.74, 6) is -0.424. The van der Waals surface area contributed by atoms with Crippen molar-refractivity contribution in [2.24, 2.45) is 0 Å². The van der Waals surface area contributed by atoms with Crippen molar-refractivity contribution in [1.29, 1.82) is 0 Å². The van der Waals surface area contributed by atoms with Crippen LogP contribution in [0.1, 0.15) is 10.4 Å².